The molecule has 0 aromatic heterocycles. The number of halogens is 1. The van der Waals surface area contributed by atoms with Gasteiger partial charge in [-0.15, -0.1) is 0 Å². The van der Waals surface area contributed by atoms with Crippen LogP contribution in [0.25, 0.3) is 0 Å². The van der Waals surface area contributed by atoms with Crippen LogP contribution in [0.4, 0.5) is 11.4 Å². The standard InChI is InChI=1S/C13H18BrN3O2/c14-10-1-2-12-11(9-10)15-13(18)17(12)4-3-16-5-7-19-8-6-16/h1-2,9,13,15,18H,3-8H2. The summed E-state index contributed by atoms with van der Waals surface area (Å²) in [7, 11) is 0. The molecule has 1 aromatic carbocycles. The van der Waals surface area contributed by atoms with Crippen LogP contribution in [0.5, 0.6) is 0 Å². The first-order valence-corrected chi connectivity index (χ1v) is 7.34. The third-order valence-corrected chi connectivity index (χ3v) is 4.10. The van der Waals surface area contributed by atoms with Gasteiger partial charge in [-0.25, -0.2) is 0 Å². The van der Waals surface area contributed by atoms with Crippen LogP contribution in [-0.4, -0.2) is 55.8 Å². The first kappa shape index (κ1) is 13.2. The molecule has 1 atom stereocenters. The van der Waals surface area contributed by atoms with Crippen molar-refractivity contribution < 1.29 is 9.84 Å². The van der Waals surface area contributed by atoms with Gasteiger partial charge in [0.25, 0.3) is 0 Å². The number of nitrogens with zero attached hydrogens (tertiary/aromatic N) is 2. The van der Waals surface area contributed by atoms with Gasteiger partial charge in [0.05, 0.1) is 24.6 Å². The average Bonchev–Trinajstić information content (AvgIpc) is 2.72. The number of ether oxygens (including phenoxy) is 1. The number of rotatable bonds is 3. The Morgan fingerprint density at radius 3 is 2.89 bits per heavy atom. The summed E-state index contributed by atoms with van der Waals surface area (Å²) >= 11 is 3.44. The average molecular weight is 328 g/mol. The lowest BCUT2D eigenvalue weighted by molar-refractivity contribution is 0.0382. The van der Waals surface area contributed by atoms with Crippen LogP contribution in [0.15, 0.2) is 22.7 Å². The van der Waals surface area contributed by atoms with E-state index in [1.165, 1.54) is 0 Å². The quantitative estimate of drug-likeness (QED) is 0.876. The Bertz CT molecular complexity index is 452. The fourth-order valence-electron chi connectivity index (χ4n) is 2.54. The van der Waals surface area contributed by atoms with Crippen molar-refractivity contribution in [3.63, 3.8) is 0 Å². The lowest BCUT2D eigenvalue weighted by Crippen LogP contribution is -2.44. The Labute approximate surface area is 121 Å². The van der Waals surface area contributed by atoms with Gasteiger partial charge in [-0.05, 0) is 18.2 Å². The number of morpholine rings is 1. The molecule has 0 radical (unpaired) electrons. The SMILES string of the molecule is OC1Nc2cc(Br)ccc2N1CCN1CCOCC1. The second-order valence-electron chi connectivity index (χ2n) is 4.83. The van der Waals surface area contributed by atoms with E-state index in [4.69, 9.17) is 4.74 Å². The van der Waals surface area contributed by atoms with Gasteiger partial charge < -0.3 is 20.1 Å². The van der Waals surface area contributed by atoms with Crippen molar-refractivity contribution in [2.45, 2.75) is 6.35 Å². The summed E-state index contributed by atoms with van der Waals surface area (Å²) in [5.41, 5.74) is 2.04. The van der Waals surface area contributed by atoms with Gasteiger partial charge >= 0.3 is 0 Å². The third kappa shape index (κ3) is 2.86. The van der Waals surface area contributed by atoms with Crippen LogP contribution in [0, 0.1) is 0 Å². The maximum Gasteiger partial charge on any atom is 0.205 e. The van der Waals surface area contributed by atoms with E-state index in [1.54, 1.807) is 0 Å². The van der Waals surface area contributed by atoms with Gasteiger partial charge in [-0.2, -0.15) is 0 Å². The van der Waals surface area contributed by atoms with Gasteiger partial charge in [0.15, 0.2) is 0 Å². The maximum absolute atomic E-state index is 10.1. The van der Waals surface area contributed by atoms with Crippen LogP contribution in [0.3, 0.4) is 0 Å². The summed E-state index contributed by atoms with van der Waals surface area (Å²) in [6.45, 7) is 5.32. The van der Waals surface area contributed by atoms with E-state index in [9.17, 15) is 5.11 Å². The van der Waals surface area contributed by atoms with Crippen molar-refractivity contribution >= 4 is 27.3 Å². The highest BCUT2D eigenvalue weighted by atomic mass is 79.9. The molecule has 2 heterocycles. The largest absolute Gasteiger partial charge is 0.379 e. The number of aliphatic hydroxyl groups is 1. The molecule has 2 aliphatic heterocycles. The third-order valence-electron chi connectivity index (χ3n) is 3.61. The Hall–Kier alpha value is -0.820. The molecule has 2 aliphatic rings. The fourth-order valence-corrected chi connectivity index (χ4v) is 2.90. The van der Waals surface area contributed by atoms with Crippen molar-refractivity contribution in [1.82, 2.24) is 4.90 Å². The van der Waals surface area contributed by atoms with Crippen molar-refractivity contribution in [2.75, 3.05) is 49.6 Å². The molecule has 0 amide bonds. The first-order valence-electron chi connectivity index (χ1n) is 6.55. The molecule has 0 spiro atoms. The second kappa shape index (κ2) is 5.66. The van der Waals surface area contributed by atoms with Gasteiger partial charge in [0.1, 0.15) is 0 Å². The predicted molar refractivity (Wildman–Crippen MR) is 78.4 cm³/mol. The molecule has 0 aliphatic carbocycles. The highest BCUT2D eigenvalue weighted by molar-refractivity contribution is 9.10. The second-order valence-corrected chi connectivity index (χ2v) is 5.74. The molecule has 1 saturated heterocycles. The van der Waals surface area contributed by atoms with E-state index in [0.29, 0.717) is 0 Å². The lowest BCUT2D eigenvalue weighted by atomic mass is 10.2. The molecule has 0 saturated carbocycles. The number of benzene rings is 1. The fraction of sp³-hybridized carbons (Fsp3) is 0.538. The topological polar surface area (TPSA) is 48.0 Å². The van der Waals surface area contributed by atoms with E-state index >= 15 is 0 Å². The Kier molecular flexibility index (Phi) is 3.93. The van der Waals surface area contributed by atoms with Crippen LogP contribution >= 0.6 is 15.9 Å². The molecule has 2 N–H and O–H groups in total. The van der Waals surface area contributed by atoms with Crippen LogP contribution < -0.4 is 10.2 Å². The summed E-state index contributed by atoms with van der Waals surface area (Å²) in [5.74, 6) is 0. The van der Waals surface area contributed by atoms with Gasteiger partial charge in [-0.1, -0.05) is 15.9 Å². The molecule has 1 aromatic rings. The monoisotopic (exact) mass is 327 g/mol. The highest BCUT2D eigenvalue weighted by Crippen LogP contribution is 2.35. The minimum atomic E-state index is -0.634. The molecule has 19 heavy (non-hydrogen) atoms. The summed E-state index contributed by atoms with van der Waals surface area (Å²) in [5, 5.41) is 13.2. The zero-order valence-electron chi connectivity index (χ0n) is 10.7. The minimum Gasteiger partial charge on any atom is -0.379 e. The van der Waals surface area contributed by atoms with E-state index in [-0.39, 0.29) is 0 Å². The van der Waals surface area contributed by atoms with E-state index in [2.05, 4.69) is 26.1 Å². The molecule has 104 valence electrons. The maximum atomic E-state index is 10.1. The van der Waals surface area contributed by atoms with E-state index < -0.39 is 6.35 Å². The Morgan fingerprint density at radius 1 is 1.32 bits per heavy atom. The first-order chi connectivity index (χ1) is 9.24. The highest BCUT2D eigenvalue weighted by Gasteiger charge is 2.27. The zero-order valence-corrected chi connectivity index (χ0v) is 12.3. The van der Waals surface area contributed by atoms with Crippen molar-refractivity contribution in [3.05, 3.63) is 22.7 Å². The Morgan fingerprint density at radius 2 is 2.11 bits per heavy atom. The molecular formula is C13H18BrN3O2. The van der Waals surface area contributed by atoms with Crippen LogP contribution in [0.2, 0.25) is 0 Å². The predicted octanol–water partition coefficient (Wildman–Crippen LogP) is 1.29. The van der Waals surface area contributed by atoms with E-state index in [0.717, 1.165) is 55.2 Å². The number of hydrogen-bond acceptors (Lipinski definition) is 5. The number of fused-ring (bicyclic) bond motifs is 1. The van der Waals surface area contributed by atoms with Crippen molar-refractivity contribution in [1.29, 1.82) is 0 Å². The molecule has 0 bridgehead atoms. The zero-order chi connectivity index (χ0) is 13.2. The Balaban J connectivity index is 1.65. The van der Waals surface area contributed by atoms with Gasteiger partial charge in [-0.3, -0.25) is 4.90 Å². The normalized spacial score (nSPS) is 23.3. The summed E-state index contributed by atoms with van der Waals surface area (Å²) in [6, 6.07) is 6.02. The molecular weight excluding hydrogens is 310 g/mol. The minimum absolute atomic E-state index is 0.634. The van der Waals surface area contributed by atoms with Crippen LogP contribution in [-0.2, 0) is 4.74 Å². The smallest absolute Gasteiger partial charge is 0.205 e. The summed E-state index contributed by atoms with van der Waals surface area (Å²) in [4.78, 5) is 4.37. The van der Waals surface area contributed by atoms with Gasteiger partial charge in [0, 0.05) is 30.7 Å². The van der Waals surface area contributed by atoms with Gasteiger partial charge in [0.2, 0.25) is 6.35 Å². The number of anilines is 2. The number of hydrogen-bond donors (Lipinski definition) is 2. The van der Waals surface area contributed by atoms with Crippen LogP contribution in [0.1, 0.15) is 0 Å². The van der Waals surface area contributed by atoms with Crippen molar-refractivity contribution in [2.24, 2.45) is 0 Å². The van der Waals surface area contributed by atoms with E-state index in [1.807, 2.05) is 23.1 Å². The summed E-state index contributed by atoms with van der Waals surface area (Å²) in [6.07, 6.45) is -0.634. The number of aliphatic hydroxyl groups excluding tert-OH is 1. The van der Waals surface area contributed by atoms with Crippen molar-refractivity contribution in [3.8, 4) is 0 Å². The molecule has 5 nitrogen and oxygen atoms in total. The summed E-state index contributed by atoms with van der Waals surface area (Å²) < 4.78 is 6.35. The molecule has 6 heteroatoms. The lowest BCUT2D eigenvalue weighted by Gasteiger charge is -2.30. The molecule has 3 rings (SSSR count). The number of nitrogens with one attached hydrogen (secondary N) is 1. The molecule has 1 unspecified atom stereocenters. The molecule has 1 fully saturated rings.